The van der Waals surface area contributed by atoms with Crippen LogP contribution in [0.5, 0.6) is 0 Å². The molecular formula is C22H19ClN2O2. The Morgan fingerprint density at radius 1 is 1.00 bits per heavy atom. The highest BCUT2D eigenvalue weighted by Gasteiger charge is 2.50. The molecule has 3 aromatic rings. The lowest BCUT2D eigenvalue weighted by atomic mass is 9.84. The lowest BCUT2D eigenvalue weighted by Crippen LogP contribution is -2.44. The number of amides is 1. The standard InChI is InChI=1S/C22H19ClN2O2/c1-24-19-7-3-2-6-18(19)22(21(24)27,25-14-4-5-15-25)13-12-20(26)16-8-10-17(23)11-9-16/h2-11,14-15H,12-13H2,1H3/t22-/m1/s1. The molecule has 1 aliphatic heterocycles. The third kappa shape index (κ3) is 2.77. The van der Waals surface area contributed by atoms with Gasteiger partial charge < -0.3 is 9.47 Å². The normalized spacial score (nSPS) is 18.6. The highest BCUT2D eigenvalue weighted by atomic mass is 35.5. The van der Waals surface area contributed by atoms with Gasteiger partial charge in [-0.05, 0) is 48.9 Å². The Kier molecular flexibility index (Phi) is 4.36. The molecule has 4 rings (SSSR count). The fourth-order valence-electron chi connectivity index (χ4n) is 3.90. The first kappa shape index (κ1) is 17.6. The molecule has 27 heavy (non-hydrogen) atoms. The zero-order valence-electron chi connectivity index (χ0n) is 14.9. The van der Waals surface area contributed by atoms with Gasteiger partial charge in [-0.1, -0.05) is 29.8 Å². The van der Waals surface area contributed by atoms with Gasteiger partial charge in [-0.25, -0.2) is 0 Å². The molecule has 2 heterocycles. The van der Waals surface area contributed by atoms with Crippen molar-refractivity contribution in [2.24, 2.45) is 0 Å². The smallest absolute Gasteiger partial charge is 0.257 e. The number of fused-ring (bicyclic) bond motifs is 1. The van der Waals surface area contributed by atoms with Gasteiger partial charge in [0.05, 0.1) is 0 Å². The molecule has 0 unspecified atom stereocenters. The van der Waals surface area contributed by atoms with Crippen molar-refractivity contribution < 1.29 is 9.59 Å². The fourth-order valence-corrected chi connectivity index (χ4v) is 4.03. The van der Waals surface area contributed by atoms with Crippen LogP contribution in [-0.2, 0) is 10.3 Å². The predicted octanol–water partition coefficient (Wildman–Crippen LogP) is 4.52. The van der Waals surface area contributed by atoms with E-state index in [4.69, 9.17) is 11.6 Å². The van der Waals surface area contributed by atoms with E-state index in [0.717, 1.165) is 11.3 Å². The second-order valence-electron chi connectivity index (χ2n) is 6.76. The number of hydrogen-bond acceptors (Lipinski definition) is 2. The average Bonchev–Trinajstić information content (AvgIpc) is 3.29. The molecule has 0 aliphatic carbocycles. The summed E-state index contributed by atoms with van der Waals surface area (Å²) in [7, 11) is 1.79. The van der Waals surface area contributed by atoms with Crippen LogP contribution in [0.4, 0.5) is 5.69 Å². The molecule has 0 spiro atoms. The van der Waals surface area contributed by atoms with Crippen molar-refractivity contribution in [1.82, 2.24) is 4.57 Å². The van der Waals surface area contributed by atoms with Gasteiger partial charge in [-0.3, -0.25) is 9.59 Å². The van der Waals surface area contributed by atoms with Crippen molar-refractivity contribution in [3.63, 3.8) is 0 Å². The molecule has 0 bridgehead atoms. The minimum Gasteiger partial charge on any atom is -0.335 e. The van der Waals surface area contributed by atoms with Crippen LogP contribution in [0.3, 0.4) is 0 Å². The van der Waals surface area contributed by atoms with E-state index >= 15 is 0 Å². The maximum Gasteiger partial charge on any atom is 0.257 e. The quantitative estimate of drug-likeness (QED) is 0.612. The topological polar surface area (TPSA) is 42.3 Å². The van der Waals surface area contributed by atoms with E-state index in [9.17, 15) is 9.59 Å². The van der Waals surface area contributed by atoms with Gasteiger partial charge >= 0.3 is 0 Å². The van der Waals surface area contributed by atoms with Gasteiger partial charge in [0.15, 0.2) is 11.3 Å². The average molecular weight is 379 g/mol. The number of halogens is 1. The van der Waals surface area contributed by atoms with Gasteiger partial charge in [-0.15, -0.1) is 0 Å². The zero-order chi connectivity index (χ0) is 19.0. The first-order valence-electron chi connectivity index (χ1n) is 8.84. The molecule has 0 radical (unpaired) electrons. The Balaban J connectivity index is 1.72. The fraction of sp³-hybridized carbons (Fsp3) is 0.182. The molecule has 1 aromatic heterocycles. The maximum absolute atomic E-state index is 13.4. The third-order valence-electron chi connectivity index (χ3n) is 5.29. The summed E-state index contributed by atoms with van der Waals surface area (Å²) < 4.78 is 1.92. The van der Waals surface area contributed by atoms with E-state index in [-0.39, 0.29) is 18.1 Å². The molecule has 1 amide bonds. The van der Waals surface area contributed by atoms with Gasteiger partial charge in [0.25, 0.3) is 5.91 Å². The van der Waals surface area contributed by atoms with E-state index in [0.29, 0.717) is 17.0 Å². The van der Waals surface area contributed by atoms with Gasteiger partial charge in [0, 0.05) is 47.7 Å². The Bertz CT molecular complexity index is 995. The van der Waals surface area contributed by atoms with Gasteiger partial charge in [0.2, 0.25) is 0 Å². The first-order chi connectivity index (χ1) is 13.0. The lowest BCUT2D eigenvalue weighted by molar-refractivity contribution is -0.124. The summed E-state index contributed by atoms with van der Waals surface area (Å²) in [6.07, 6.45) is 4.43. The minimum atomic E-state index is -0.906. The maximum atomic E-state index is 13.4. The van der Waals surface area contributed by atoms with Crippen LogP contribution in [0, 0.1) is 0 Å². The first-order valence-corrected chi connectivity index (χ1v) is 9.22. The molecule has 0 saturated carbocycles. The van der Waals surface area contributed by atoms with E-state index < -0.39 is 5.54 Å². The van der Waals surface area contributed by atoms with Crippen molar-refractivity contribution >= 4 is 29.0 Å². The van der Waals surface area contributed by atoms with E-state index in [1.54, 1.807) is 36.2 Å². The summed E-state index contributed by atoms with van der Waals surface area (Å²) in [6.45, 7) is 0. The minimum absolute atomic E-state index is 0.00182. The van der Waals surface area contributed by atoms with E-state index in [1.165, 1.54) is 0 Å². The number of ketones is 1. The Hall–Kier alpha value is -2.85. The molecule has 0 saturated heterocycles. The monoisotopic (exact) mass is 378 g/mol. The second-order valence-corrected chi connectivity index (χ2v) is 7.20. The molecule has 2 aromatic carbocycles. The summed E-state index contributed by atoms with van der Waals surface area (Å²) in [5.41, 5.74) is 1.51. The number of benzene rings is 2. The van der Waals surface area contributed by atoms with Crippen molar-refractivity contribution in [1.29, 1.82) is 0 Å². The Morgan fingerprint density at radius 3 is 2.37 bits per heavy atom. The van der Waals surface area contributed by atoms with Crippen molar-refractivity contribution in [3.8, 4) is 0 Å². The van der Waals surface area contributed by atoms with Gasteiger partial charge in [0.1, 0.15) is 0 Å². The number of para-hydroxylation sites is 1. The summed E-state index contributed by atoms with van der Waals surface area (Å²) >= 11 is 5.91. The van der Waals surface area contributed by atoms with Crippen LogP contribution < -0.4 is 4.90 Å². The van der Waals surface area contributed by atoms with E-state index in [1.807, 2.05) is 53.4 Å². The number of nitrogens with zero attached hydrogens (tertiary/aromatic N) is 2. The number of aromatic nitrogens is 1. The Morgan fingerprint density at radius 2 is 1.67 bits per heavy atom. The number of hydrogen-bond donors (Lipinski definition) is 0. The third-order valence-corrected chi connectivity index (χ3v) is 5.55. The summed E-state index contributed by atoms with van der Waals surface area (Å²) in [5.74, 6) is -0.0261. The second kappa shape index (κ2) is 6.71. The van der Waals surface area contributed by atoms with Crippen molar-refractivity contribution in [2.45, 2.75) is 18.4 Å². The van der Waals surface area contributed by atoms with Crippen LogP contribution >= 0.6 is 11.6 Å². The zero-order valence-corrected chi connectivity index (χ0v) is 15.7. The molecule has 5 heteroatoms. The summed E-state index contributed by atoms with van der Waals surface area (Å²) in [4.78, 5) is 27.8. The van der Waals surface area contributed by atoms with Crippen molar-refractivity contribution in [3.05, 3.63) is 89.2 Å². The number of likely N-dealkylation sites (N-methyl/N-ethyl adjacent to an activating group) is 1. The van der Waals surface area contributed by atoms with Gasteiger partial charge in [-0.2, -0.15) is 0 Å². The molecule has 136 valence electrons. The van der Waals surface area contributed by atoms with Crippen LogP contribution in [0.1, 0.15) is 28.8 Å². The number of carbonyl (C=O) groups excluding carboxylic acids is 2. The molecular weight excluding hydrogens is 360 g/mol. The highest BCUT2D eigenvalue weighted by molar-refractivity contribution is 6.30. The van der Waals surface area contributed by atoms with Crippen LogP contribution in [0.15, 0.2) is 73.1 Å². The molecule has 0 fully saturated rings. The van der Waals surface area contributed by atoms with Crippen LogP contribution in [-0.4, -0.2) is 23.3 Å². The SMILES string of the molecule is CN1C(=O)[C@](CCC(=O)c2ccc(Cl)cc2)(n2cccc2)c2ccccc21. The van der Waals surface area contributed by atoms with E-state index in [2.05, 4.69) is 0 Å². The number of anilines is 1. The van der Waals surface area contributed by atoms with Crippen LogP contribution in [0.2, 0.25) is 5.02 Å². The largest absolute Gasteiger partial charge is 0.335 e. The molecule has 4 nitrogen and oxygen atoms in total. The number of rotatable bonds is 5. The lowest BCUT2D eigenvalue weighted by Gasteiger charge is -2.30. The number of carbonyl (C=O) groups is 2. The van der Waals surface area contributed by atoms with Crippen molar-refractivity contribution in [2.75, 3.05) is 11.9 Å². The number of Topliss-reactive ketones (excluding diaryl/α,β-unsaturated/α-hetero) is 1. The summed E-state index contributed by atoms with van der Waals surface area (Å²) in [6, 6.07) is 18.4. The summed E-state index contributed by atoms with van der Waals surface area (Å²) in [5, 5.41) is 0.594. The predicted molar refractivity (Wildman–Crippen MR) is 106 cm³/mol. The molecule has 0 N–H and O–H groups in total. The van der Waals surface area contributed by atoms with Crippen LogP contribution in [0.25, 0.3) is 0 Å². The molecule has 1 aliphatic rings. The molecule has 1 atom stereocenters. The highest BCUT2D eigenvalue weighted by Crippen LogP contribution is 2.45. The Labute approximate surface area is 163 Å².